The summed E-state index contributed by atoms with van der Waals surface area (Å²) in [6, 6.07) is 0. The smallest absolute Gasteiger partial charge is 0.123 e. The van der Waals surface area contributed by atoms with Crippen LogP contribution in [0.4, 0.5) is 0 Å². The average Bonchev–Trinajstić information content (AvgIpc) is 1.68. The number of hydrogen-bond donors (Lipinski definition) is 0. The molecule has 1 unspecified atom stereocenters. The van der Waals surface area contributed by atoms with Gasteiger partial charge in [-0.3, -0.25) is 0 Å². The third kappa shape index (κ3) is 3.23. The van der Waals surface area contributed by atoms with Gasteiger partial charge in [-0.1, -0.05) is 6.08 Å². The Bertz CT molecular complexity index is 66.6. The molecule has 1 radical (unpaired) electrons. The van der Waals surface area contributed by atoms with E-state index < -0.39 is 0 Å². The molecule has 0 heterocycles. The van der Waals surface area contributed by atoms with Crippen molar-refractivity contribution in [2.24, 2.45) is 5.92 Å². The van der Waals surface area contributed by atoms with Crippen LogP contribution in [0.5, 0.6) is 0 Å². The van der Waals surface area contributed by atoms with Gasteiger partial charge >= 0.3 is 0 Å². The Morgan fingerprint density at radius 3 is 2.43 bits per heavy atom. The minimum absolute atomic E-state index is 0.0995. The molecule has 0 fully saturated rings. The van der Waals surface area contributed by atoms with E-state index in [1.165, 1.54) is 0 Å². The van der Waals surface area contributed by atoms with Gasteiger partial charge in [0.05, 0.1) is 0 Å². The summed E-state index contributed by atoms with van der Waals surface area (Å²) in [6.07, 6.45) is 3.19. The maximum Gasteiger partial charge on any atom is 0.123 e. The second kappa shape index (κ2) is 3.59. The summed E-state index contributed by atoms with van der Waals surface area (Å²) in [4.78, 5) is 9.78. The molecule has 1 nitrogen and oxygen atoms in total. The number of carbonyl (C=O) groups excluding carboxylic acids is 1. The minimum Gasteiger partial charge on any atom is -0.303 e. The van der Waals surface area contributed by atoms with Crippen molar-refractivity contribution >= 4 is 6.29 Å². The summed E-state index contributed by atoms with van der Waals surface area (Å²) in [5.41, 5.74) is 0. The van der Waals surface area contributed by atoms with Crippen LogP contribution < -0.4 is 0 Å². The molecule has 0 aliphatic carbocycles. The van der Waals surface area contributed by atoms with Crippen molar-refractivity contribution in [3.63, 3.8) is 0 Å². The first-order valence-corrected chi connectivity index (χ1v) is 2.20. The maximum absolute atomic E-state index is 9.78. The van der Waals surface area contributed by atoms with E-state index >= 15 is 0 Å². The normalized spacial score (nSPS) is 12.7. The number of rotatable bonds is 3. The van der Waals surface area contributed by atoms with E-state index in [0.717, 1.165) is 6.29 Å². The molecule has 0 spiro atoms. The molecule has 0 rings (SSSR count). The monoisotopic (exact) mass is 97.1 g/mol. The molecule has 0 aliphatic heterocycles. The molecule has 1 atom stereocenters. The zero-order valence-corrected chi connectivity index (χ0v) is 4.26. The molecule has 0 N–H and O–H groups in total. The molecule has 0 aromatic rings. The van der Waals surface area contributed by atoms with E-state index in [1.807, 2.05) is 0 Å². The fraction of sp³-hybridized carbons (Fsp3) is 0.333. The fourth-order valence-electron chi connectivity index (χ4n) is 0.270. The van der Waals surface area contributed by atoms with Gasteiger partial charge in [-0.05, 0) is 13.3 Å². The highest BCUT2D eigenvalue weighted by molar-refractivity contribution is 5.54. The summed E-state index contributed by atoms with van der Waals surface area (Å²) >= 11 is 0. The zero-order chi connectivity index (χ0) is 5.70. The van der Waals surface area contributed by atoms with Crippen LogP contribution in [0.2, 0.25) is 0 Å². The van der Waals surface area contributed by atoms with E-state index in [2.05, 4.69) is 13.5 Å². The molecule has 0 bridgehead atoms. The first-order chi connectivity index (χ1) is 3.31. The van der Waals surface area contributed by atoms with Crippen LogP contribution in [-0.2, 0) is 4.79 Å². The number of carbonyl (C=O) groups is 1. The van der Waals surface area contributed by atoms with Crippen molar-refractivity contribution in [2.45, 2.75) is 6.42 Å². The predicted octanol–water partition coefficient (Wildman–Crippen LogP) is 1.21. The molecule has 0 saturated heterocycles. The lowest BCUT2D eigenvalue weighted by molar-refractivity contribution is -0.109. The topological polar surface area (TPSA) is 17.1 Å². The van der Waals surface area contributed by atoms with Gasteiger partial charge < -0.3 is 4.79 Å². The minimum atomic E-state index is -0.0995. The van der Waals surface area contributed by atoms with Crippen molar-refractivity contribution in [1.82, 2.24) is 0 Å². The molecule has 0 aromatic carbocycles. The van der Waals surface area contributed by atoms with Gasteiger partial charge in [0.2, 0.25) is 0 Å². The van der Waals surface area contributed by atoms with Gasteiger partial charge in [0.15, 0.2) is 0 Å². The van der Waals surface area contributed by atoms with E-state index in [4.69, 9.17) is 0 Å². The lowest BCUT2D eigenvalue weighted by Gasteiger charge is -1.91. The number of allylic oxidation sites excluding steroid dienone is 1. The van der Waals surface area contributed by atoms with Crippen molar-refractivity contribution in [3.05, 3.63) is 19.6 Å². The van der Waals surface area contributed by atoms with Gasteiger partial charge in [-0.25, -0.2) is 0 Å². The summed E-state index contributed by atoms with van der Waals surface area (Å²) in [6.45, 7) is 6.96. The molecular formula is C6H9O. The molecule has 0 amide bonds. The van der Waals surface area contributed by atoms with E-state index in [-0.39, 0.29) is 5.92 Å². The second-order valence-electron chi connectivity index (χ2n) is 1.42. The molecule has 0 aromatic heterocycles. The van der Waals surface area contributed by atoms with Gasteiger partial charge in [0.1, 0.15) is 6.29 Å². The van der Waals surface area contributed by atoms with Crippen molar-refractivity contribution in [1.29, 1.82) is 0 Å². The van der Waals surface area contributed by atoms with E-state index in [1.54, 1.807) is 6.08 Å². The Morgan fingerprint density at radius 2 is 2.29 bits per heavy atom. The Balaban J connectivity index is 3.15. The highest BCUT2D eigenvalue weighted by Gasteiger charge is 1.91. The van der Waals surface area contributed by atoms with Gasteiger partial charge in [0, 0.05) is 5.92 Å². The Morgan fingerprint density at radius 1 is 1.71 bits per heavy atom. The summed E-state index contributed by atoms with van der Waals surface area (Å²) in [5, 5.41) is 0. The van der Waals surface area contributed by atoms with Gasteiger partial charge in [-0.2, -0.15) is 0 Å². The lowest BCUT2D eigenvalue weighted by atomic mass is 10.1. The van der Waals surface area contributed by atoms with Crippen LogP contribution >= 0.6 is 0 Å². The molecular weight excluding hydrogens is 88.1 g/mol. The Hall–Kier alpha value is -0.590. The third-order valence-corrected chi connectivity index (χ3v) is 0.662. The van der Waals surface area contributed by atoms with Crippen molar-refractivity contribution < 1.29 is 4.79 Å². The Labute approximate surface area is 44.0 Å². The number of hydrogen-bond acceptors (Lipinski definition) is 1. The van der Waals surface area contributed by atoms with Crippen molar-refractivity contribution in [3.8, 4) is 0 Å². The summed E-state index contributed by atoms with van der Waals surface area (Å²) in [7, 11) is 0. The second-order valence-corrected chi connectivity index (χ2v) is 1.42. The largest absolute Gasteiger partial charge is 0.303 e. The molecule has 39 valence electrons. The van der Waals surface area contributed by atoms with Gasteiger partial charge in [-0.15, -0.1) is 6.58 Å². The summed E-state index contributed by atoms with van der Waals surface area (Å²) in [5.74, 6) is -0.0995. The van der Waals surface area contributed by atoms with E-state index in [0.29, 0.717) is 6.42 Å². The first kappa shape index (κ1) is 6.41. The lowest BCUT2D eigenvalue weighted by Crippen LogP contribution is -1.91. The van der Waals surface area contributed by atoms with Crippen LogP contribution in [0.1, 0.15) is 6.42 Å². The molecule has 0 aliphatic rings. The van der Waals surface area contributed by atoms with Crippen LogP contribution in [0.25, 0.3) is 0 Å². The first-order valence-electron chi connectivity index (χ1n) is 2.20. The third-order valence-electron chi connectivity index (χ3n) is 0.662. The number of aldehydes is 1. The average molecular weight is 97.1 g/mol. The summed E-state index contributed by atoms with van der Waals surface area (Å²) < 4.78 is 0. The van der Waals surface area contributed by atoms with Gasteiger partial charge in [0.25, 0.3) is 0 Å². The van der Waals surface area contributed by atoms with Crippen LogP contribution in [0, 0.1) is 12.8 Å². The fourth-order valence-corrected chi connectivity index (χ4v) is 0.270. The SMILES string of the molecule is [CH2]C(C=O)CC=C. The maximum atomic E-state index is 9.78. The molecule has 7 heavy (non-hydrogen) atoms. The quantitative estimate of drug-likeness (QED) is 0.382. The Kier molecular flexibility index (Phi) is 3.29. The zero-order valence-electron chi connectivity index (χ0n) is 4.26. The van der Waals surface area contributed by atoms with Crippen molar-refractivity contribution in [2.75, 3.05) is 0 Å². The van der Waals surface area contributed by atoms with E-state index in [9.17, 15) is 4.79 Å². The predicted molar refractivity (Wildman–Crippen MR) is 29.7 cm³/mol. The van der Waals surface area contributed by atoms with Crippen LogP contribution in [0.3, 0.4) is 0 Å². The van der Waals surface area contributed by atoms with Crippen LogP contribution in [0.15, 0.2) is 12.7 Å². The van der Waals surface area contributed by atoms with Crippen LogP contribution in [-0.4, -0.2) is 6.29 Å². The highest BCUT2D eigenvalue weighted by Crippen LogP contribution is 1.94. The highest BCUT2D eigenvalue weighted by atomic mass is 16.1. The molecule has 1 heteroatoms. The molecule has 0 saturated carbocycles. The standard InChI is InChI=1S/C6H9O/c1-3-4-6(2)5-7/h3,5-6H,1-2,4H2.